The second-order valence-corrected chi connectivity index (χ2v) is 3.25. The van der Waals surface area contributed by atoms with Crippen LogP contribution in [0, 0.1) is 0 Å². The van der Waals surface area contributed by atoms with Gasteiger partial charge in [0, 0.05) is 19.6 Å². The lowest BCUT2D eigenvalue weighted by Crippen LogP contribution is -2.37. The number of unbranched alkanes of at least 4 members (excludes halogenated alkanes) is 1. The Hall–Kier alpha value is -0.810. The summed E-state index contributed by atoms with van der Waals surface area (Å²) in [6.07, 6.45) is 2.11. The van der Waals surface area contributed by atoms with E-state index in [4.69, 9.17) is 4.74 Å². The van der Waals surface area contributed by atoms with Gasteiger partial charge < -0.3 is 20.7 Å². The molecule has 0 heterocycles. The molecule has 15 heavy (non-hydrogen) atoms. The summed E-state index contributed by atoms with van der Waals surface area (Å²) >= 11 is 0. The smallest absolute Gasteiger partial charge is 0.314 e. The molecule has 5 nitrogen and oxygen atoms in total. The Morgan fingerprint density at radius 2 is 1.80 bits per heavy atom. The molecule has 3 N–H and O–H groups in total. The maximum atomic E-state index is 11.1. The fourth-order valence-electron chi connectivity index (χ4n) is 0.954. The number of amides is 2. The first-order valence-corrected chi connectivity index (χ1v) is 5.55. The van der Waals surface area contributed by atoms with E-state index in [1.54, 1.807) is 0 Å². The Kier molecular flexibility index (Phi) is 10.7. The molecule has 5 heteroatoms. The van der Waals surface area contributed by atoms with E-state index < -0.39 is 0 Å². The van der Waals surface area contributed by atoms with E-state index in [0.717, 1.165) is 25.9 Å². The summed E-state index contributed by atoms with van der Waals surface area (Å²) in [6, 6.07) is -0.110. The molecule has 0 aliphatic rings. The fourth-order valence-corrected chi connectivity index (χ4v) is 0.954. The third-order valence-corrected chi connectivity index (χ3v) is 1.84. The van der Waals surface area contributed by atoms with Gasteiger partial charge in [-0.2, -0.15) is 0 Å². The number of nitrogens with one attached hydrogen (secondary N) is 3. The van der Waals surface area contributed by atoms with Crippen LogP contribution in [0.25, 0.3) is 0 Å². The normalized spacial score (nSPS) is 10.0. The first kappa shape index (κ1) is 14.2. The second kappa shape index (κ2) is 11.3. The summed E-state index contributed by atoms with van der Waals surface area (Å²) in [5, 5.41) is 8.47. The minimum atomic E-state index is -0.110. The van der Waals surface area contributed by atoms with Crippen LogP contribution in [0.5, 0.6) is 0 Å². The highest BCUT2D eigenvalue weighted by molar-refractivity contribution is 5.73. The topological polar surface area (TPSA) is 62.4 Å². The Morgan fingerprint density at radius 1 is 1.13 bits per heavy atom. The maximum absolute atomic E-state index is 11.1. The largest absolute Gasteiger partial charge is 0.378 e. The van der Waals surface area contributed by atoms with Gasteiger partial charge in [-0.05, 0) is 13.5 Å². The first-order chi connectivity index (χ1) is 7.31. The molecule has 0 saturated heterocycles. The number of rotatable bonds is 9. The van der Waals surface area contributed by atoms with Crippen molar-refractivity contribution in [2.75, 3.05) is 39.9 Å². The third-order valence-electron chi connectivity index (χ3n) is 1.84. The summed E-state index contributed by atoms with van der Waals surface area (Å²) < 4.78 is 5.25. The number of carbonyl (C=O) groups excluding carboxylic acids is 1. The first-order valence-electron chi connectivity index (χ1n) is 5.55. The van der Waals surface area contributed by atoms with Crippen molar-refractivity contribution in [1.29, 1.82) is 0 Å². The number of urea groups is 1. The summed E-state index contributed by atoms with van der Waals surface area (Å²) in [5.74, 6) is 0. The van der Waals surface area contributed by atoms with E-state index in [9.17, 15) is 4.79 Å². The second-order valence-electron chi connectivity index (χ2n) is 3.25. The molecule has 0 radical (unpaired) electrons. The van der Waals surface area contributed by atoms with Gasteiger partial charge in [0.25, 0.3) is 0 Å². The summed E-state index contributed by atoms with van der Waals surface area (Å²) in [4.78, 5) is 11.1. The van der Waals surface area contributed by atoms with Crippen molar-refractivity contribution in [2.45, 2.75) is 19.8 Å². The molecule has 0 rings (SSSR count). The number of likely N-dealkylation sites (N-methyl/N-ethyl adjacent to an activating group) is 1. The molecule has 0 fully saturated rings. The van der Waals surface area contributed by atoms with Gasteiger partial charge in [0.15, 0.2) is 0 Å². The van der Waals surface area contributed by atoms with E-state index >= 15 is 0 Å². The molecule has 0 spiro atoms. The van der Waals surface area contributed by atoms with Crippen LogP contribution in [-0.2, 0) is 4.74 Å². The van der Waals surface area contributed by atoms with Crippen molar-refractivity contribution < 1.29 is 9.53 Å². The van der Waals surface area contributed by atoms with Crippen LogP contribution in [0.1, 0.15) is 19.8 Å². The minimum absolute atomic E-state index is 0.110. The maximum Gasteiger partial charge on any atom is 0.314 e. The van der Waals surface area contributed by atoms with Crippen molar-refractivity contribution in [2.24, 2.45) is 0 Å². The lowest BCUT2D eigenvalue weighted by atomic mass is 10.3. The van der Waals surface area contributed by atoms with Crippen LogP contribution in [-0.4, -0.2) is 45.9 Å². The summed E-state index contributed by atoms with van der Waals surface area (Å²) in [6.45, 7) is 5.46. The van der Waals surface area contributed by atoms with Gasteiger partial charge in [-0.15, -0.1) is 0 Å². The van der Waals surface area contributed by atoms with Crippen LogP contribution in [0.3, 0.4) is 0 Å². The highest BCUT2D eigenvalue weighted by Crippen LogP contribution is 1.81. The van der Waals surface area contributed by atoms with Gasteiger partial charge >= 0.3 is 6.03 Å². The van der Waals surface area contributed by atoms with Crippen molar-refractivity contribution in [1.82, 2.24) is 16.0 Å². The van der Waals surface area contributed by atoms with E-state index in [1.807, 2.05) is 7.05 Å². The van der Waals surface area contributed by atoms with E-state index in [1.165, 1.54) is 0 Å². The van der Waals surface area contributed by atoms with Crippen LogP contribution < -0.4 is 16.0 Å². The molecular formula is C10H23N3O2. The molecule has 0 saturated carbocycles. The average molecular weight is 217 g/mol. The average Bonchev–Trinajstić information content (AvgIpc) is 2.23. The van der Waals surface area contributed by atoms with Gasteiger partial charge in [0.2, 0.25) is 0 Å². The Bertz CT molecular complexity index is 154. The molecule has 0 aliphatic heterocycles. The molecular weight excluding hydrogens is 194 g/mol. The summed E-state index contributed by atoms with van der Waals surface area (Å²) in [5.41, 5.74) is 0. The quantitative estimate of drug-likeness (QED) is 0.487. The van der Waals surface area contributed by atoms with Gasteiger partial charge in [-0.25, -0.2) is 4.79 Å². The minimum Gasteiger partial charge on any atom is -0.378 e. The molecule has 0 unspecified atom stereocenters. The molecule has 0 aromatic rings. The summed E-state index contributed by atoms with van der Waals surface area (Å²) in [7, 11) is 1.88. The van der Waals surface area contributed by atoms with E-state index in [0.29, 0.717) is 19.8 Å². The van der Waals surface area contributed by atoms with Crippen molar-refractivity contribution in [3.05, 3.63) is 0 Å². The number of hydrogen-bond donors (Lipinski definition) is 3. The van der Waals surface area contributed by atoms with Crippen LogP contribution in [0.2, 0.25) is 0 Å². The number of carbonyl (C=O) groups is 1. The molecule has 0 aromatic carbocycles. The highest BCUT2D eigenvalue weighted by Gasteiger charge is 1.96. The van der Waals surface area contributed by atoms with Crippen LogP contribution in [0.15, 0.2) is 0 Å². The zero-order chi connectivity index (χ0) is 11.4. The van der Waals surface area contributed by atoms with Gasteiger partial charge in [-0.3, -0.25) is 0 Å². The predicted octanol–water partition coefficient (Wildman–Crippen LogP) is 0.322. The third kappa shape index (κ3) is 11.1. The molecule has 0 aromatic heterocycles. The van der Waals surface area contributed by atoms with E-state index in [-0.39, 0.29) is 6.03 Å². The van der Waals surface area contributed by atoms with Crippen LogP contribution in [0.4, 0.5) is 4.79 Å². The molecule has 0 aliphatic carbocycles. The molecule has 0 atom stereocenters. The van der Waals surface area contributed by atoms with Crippen LogP contribution >= 0.6 is 0 Å². The monoisotopic (exact) mass is 217 g/mol. The van der Waals surface area contributed by atoms with E-state index in [2.05, 4.69) is 22.9 Å². The Morgan fingerprint density at radius 3 is 2.47 bits per heavy atom. The zero-order valence-corrected chi connectivity index (χ0v) is 9.77. The molecule has 90 valence electrons. The van der Waals surface area contributed by atoms with Crippen molar-refractivity contribution >= 4 is 6.03 Å². The van der Waals surface area contributed by atoms with Crippen molar-refractivity contribution in [3.63, 3.8) is 0 Å². The fraction of sp³-hybridized carbons (Fsp3) is 0.900. The highest BCUT2D eigenvalue weighted by atomic mass is 16.5. The molecule has 0 bridgehead atoms. The lowest BCUT2D eigenvalue weighted by molar-refractivity contribution is 0.139. The Labute approximate surface area is 91.9 Å². The number of ether oxygens (including phenoxy) is 1. The standard InChI is InChI=1S/C10H23N3O2/c1-3-4-5-12-10(14)13-7-9-15-8-6-11-2/h11H,3-9H2,1-2H3,(H2,12,13,14). The predicted molar refractivity (Wildman–Crippen MR) is 61.1 cm³/mol. The zero-order valence-electron chi connectivity index (χ0n) is 9.77. The number of hydrogen-bond acceptors (Lipinski definition) is 3. The van der Waals surface area contributed by atoms with Gasteiger partial charge in [0.05, 0.1) is 13.2 Å². The SMILES string of the molecule is CCCCNC(=O)NCCOCCNC. The van der Waals surface area contributed by atoms with Crippen molar-refractivity contribution in [3.8, 4) is 0 Å². The van der Waals surface area contributed by atoms with Gasteiger partial charge in [0.1, 0.15) is 0 Å². The Balaban J connectivity index is 3.10. The lowest BCUT2D eigenvalue weighted by Gasteiger charge is -2.07. The van der Waals surface area contributed by atoms with Gasteiger partial charge in [-0.1, -0.05) is 13.3 Å². The molecule has 2 amide bonds.